The van der Waals surface area contributed by atoms with Gasteiger partial charge in [-0.1, -0.05) is 12.2 Å². The second kappa shape index (κ2) is 4.50. The molecule has 1 aliphatic carbocycles. The molecule has 1 aromatic heterocycles. The van der Waals surface area contributed by atoms with Gasteiger partial charge in [0.05, 0.1) is 12.0 Å². The summed E-state index contributed by atoms with van der Waals surface area (Å²) in [6, 6.07) is 1.36. The van der Waals surface area contributed by atoms with E-state index in [0.29, 0.717) is 23.5 Å². The van der Waals surface area contributed by atoms with E-state index in [1.54, 1.807) is 0 Å². The maximum atomic E-state index is 11.9. The zero-order chi connectivity index (χ0) is 13.4. The Morgan fingerprint density at radius 2 is 2.16 bits per heavy atom. The lowest BCUT2D eigenvalue weighted by molar-refractivity contribution is -0.120. The quantitative estimate of drug-likeness (QED) is 0.634. The van der Waals surface area contributed by atoms with Gasteiger partial charge in [-0.15, -0.1) is 0 Å². The third kappa shape index (κ3) is 2.23. The molecule has 2 heterocycles. The highest BCUT2D eigenvalue weighted by Gasteiger charge is 2.28. The summed E-state index contributed by atoms with van der Waals surface area (Å²) in [7, 11) is 0. The molecule has 1 aromatic rings. The fourth-order valence-electron chi connectivity index (χ4n) is 2.68. The van der Waals surface area contributed by atoms with E-state index in [1.165, 1.54) is 6.07 Å². The zero-order valence-corrected chi connectivity index (χ0v) is 10.3. The molecule has 5 nitrogen and oxygen atoms in total. The van der Waals surface area contributed by atoms with Crippen molar-refractivity contribution in [1.29, 1.82) is 0 Å². The highest BCUT2D eigenvalue weighted by atomic mass is 16.4. The molecule has 0 radical (unpaired) electrons. The van der Waals surface area contributed by atoms with Crippen LogP contribution in [0.3, 0.4) is 0 Å². The number of amides is 2. The normalized spacial score (nSPS) is 21.4. The second-order valence-electron chi connectivity index (χ2n) is 4.91. The van der Waals surface area contributed by atoms with Crippen LogP contribution < -0.4 is 10.9 Å². The summed E-state index contributed by atoms with van der Waals surface area (Å²) >= 11 is 0. The van der Waals surface area contributed by atoms with Gasteiger partial charge in [-0.25, -0.2) is 4.79 Å². The fraction of sp³-hybridized carbons (Fsp3) is 0.357. The monoisotopic (exact) mass is 259 g/mol. The lowest BCUT2D eigenvalue weighted by Crippen LogP contribution is -2.38. The molecule has 0 spiro atoms. The predicted molar refractivity (Wildman–Crippen MR) is 66.7 cm³/mol. The summed E-state index contributed by atoms with van der Waals surface area (Å²) in [5.41, 5.74) is 0.533. The van der Waals surface area contributed by atoms with Crippen molar-refractivity contribution in [2.24, 2.45) is 5.92 Å². The van der Waals surface area contributed by atoms with Crippen molar-refractivity contribution in [1.82, 2.24) is 5.32 Å². The minimum absolute atomic E-state index is 0.0509. The number of nitrogens with one attached hydrogen (secondary N) is 1. The van der Waals surface area contributed by atoms with Gasteiger partial charge in [0, 0.05) is 6.07 Å². The van der Waals surface area contributed by atoms with E-state index < -0.39 is 17.4 Å². The van der Waals surface area contributed by atoms with E-state index in [2.05, 4.69) is 17.5 Å². The number of hydrogen-bond acceptors (Lipinski definition) is 4. The topological polar surface area (TPSA) is 76.4 Å². The first-order valence-corrected chi connectivity index (χ1v) is 6.30. The molecule has 0 saturated heterocycles. The van der Waals surface area contributed by atoms with Crippen LogP contribution in [0, 0.1) is 5.92 Å². The van der Waals surface area contributed by atoms with Crippen LogP contribution in [-0.2, 0) is 17.6 Å². The van der Waals surface area contributed by atoms with Crippen LogP contribution in [0.2, 0.25) is 0 Å². The molecule has 0 aromatic carbocycles. The minimum Gasteiger partial charge on any atom is -0.426 e. The predicted octanol–water partition coefficient (Wildman–Crippen LogP) is 0.961. The van der Waals surface area contributed by atoms with Gasteiger partial charge in [0.2, 0.25) is 5.91 Å². The Hall–Kier alpha value is -2.17. The van der Waals surface area contributed by atoms with Gasteiger partial charge in [0.1, 0.15) is 5.76 Å². The van der Waals surface area contributed by atoms with E-state index in [4.69, 9.17) is 4.42 Å². The lowest BCUT2D eigenvalue weighted by atomic mass is 9.93. The summed E-state index contributed by atoms with van der Waals surface area (Å²) in [6.07, 6.45) is 6.84. The summed E-state index contributed by atoms with van der Waals surface area (Å²) in [5, 5.41) is 2.26. The van der Waals surface area contributed by atoms with Gasteiger partial charge in [-0.05, 0) is 30.7 Å². The molecule has 19 heavy (non-hydrogen) atoms. The Kier molecular flexibility index (Phi) is 2.81. The Labute approximate surface area is 109 Å². The van der Waals surface area contributed by atoms with Crippen LogP contribution in [0.15, 0.2) is 27.4 Å². The van der Waals surface area contributed by atoms with Gasteiger partial charge >= 0.3 is 5.63 Å². The van der Waals surface area contributed by atoms with Gasteiger partial charge in [0.25, 0.3) is 5.91 Å². The number of imide groups is 1. The molecule has 98 valence electrons. The van der Waals surface area contributed by atoms with Crippen LogP contribution in [0.1, 0.15) is 34.5 Å². The molecule has 5 heteroatoms. The average Bonchev–Trinajstić information content (AvgIpc) is 2.79. The number of rotatable bonds is 2. The number of allylic oxidation sites excluding steroid dienone is 2. The summed E-state index contributed by atoms with van der Waals surface area (Å²) in [5.74, 6) is -0.361. The molecule has 1 atom stereocenters. The van der Waals surface area contributed by atoms with Crippen molar-refractivity contribution in [3.05, 3.63) is 45.5 Å². The first-order valence-electron chi connectivity index (χ1n) is 6.30. The molecule has 0 fully saturated rings. The highest BCUT2D eigenvalue weighted by Crippen LogP contribution is 2.25. The zero-order valence-electron chi connectivity index (χ0n) is 10.3. The number of carbonyl (C=O) groups is 2. The molecule has 1 unspecified atom stereocenters. The molecule has 2 aliphatic rings. The largest absolute Gasteiger partial charge is 0.426 e. The van der Waals surface area contributed by atoms with Gasteiger partial charge in [-0.2, -0.15) is 0 Å². The smallest absolute Gasteiger partial charge is 0.336 e. The number of hydrogen-bond donors (Lipinski definition) is 1. The Morgan fingerprint density at radius 1 is 1.32 bits per heavy atom. The Balaban J connectivity index is 2.03. The van der Waals surface area contributed by atoms with Crippen molar-refractivity contribution in [3.63, 3.8) is 0 Å². The van der Waals surface area contributed by atoms with Crippen LogP contribution >= 0.6 is 0 Å². The third-order valence-electron chi connectivity index (χ3n) is 3.51. The second-order valence-corrected chi connectivity index (χ2v) is 4.91. The van der Waals surface area contributed by atoms with E-state index in [9.17, 15) is 14.4 Å². The van der Waals surface area contributed by atoms with Gasteiger partial charge < -0.3 is 4.42 Å². The van der Waals surface area contributed by atoms with E-state index in [-0.39, 0.29) is 12.2 Å². The molecule has 0 bridgehead atoms. The molecule has 1 aliphatic heterocycles. The van der Waals surface area contributed by atoms with E-state index in [0.717, 1.165) is 12.8 Å². The van der Waals surface area contributed by atoms with E-state index >= 15 is 0 Å². The molecule has 0 saturated carbocycles. The summed E-state index contributed by atoms with van der Waals surface area (Å²) in [4.78, 5) is 34.7. The van der Waals surface area contributed by atoms with E-state index in [1.807, 2.05) is 0 Å². The maximum Gasteiger partial charge on any atom is 0.336 e. The van der Waals surface area contributed by atoms with Crippen LogP contribution in [0.4, 0.5) is 0 Å². The summed E-state index contributed by atoms with van der Waals surface area (Å²) < 4.78 is 4.99. The van der Waals surface area contributed by atoms with Crippen LogP contribution in [0.25, 0.3) is 0 Å². The Morgan fingerprint density at radius 3 is 2.89 bits per heavy atom. The highest BCUT2D eigenvalue weighted by molar-refractivity contribution is 6.09. The van der Waals surface area contributed by atoms with Crippen molar-refractivity contribution in [2.75, 3.05) is 0 Å². The van der Waals surface area contributed by atoms with Crippen LogP contribution in [0.5, 0.6) is 0 Å². The van der Waals surface area contributed by atoms with Gasteiger partial charge in [-0.3, -0.25) is 14.9 Å². The first-order chi connectivity index (χ1) is 9.13. The van der Waals surface area contributed by atoms with Crippen molar-refractivity contribution < 1.29 is 14.0 Å². The lowest BCUT2D eigenvalue weighted by Gasteiger charge is -2.18. The fourth-order valence-corrected chi connectivity index (χ4v) is 2.68. The summed E-state index contributed by atoms with van der Waals surface area (Å²) in [6.45, 7) is 0. The molecule has 2 amide bonds. The van der Waals surface area contributed by atoms with Crippen molar-refractivity contribution >= 4 is 11.8 Å². The Bertz CT molecular complexity index is 641. The third-order valence-corrected chi connectivity index (χ3v) is 3.51. The molecule has 1 N–H and O–H groups in total. The molecule has 3 rings (SSSR count). The standard InChI is InChI=1S/C14H13NO4/c16-11-7-10-13(14(18)15-11)9(6-12(17)19-10)5-8-3-1-2-4-8/h1,3,6,8H,2,4-5,7H2,(H,15,16,18). The van der Waals surface area contributed by atoms with Gasteiger partial charge in [0.15, 0.2) is 0 Å². The number of fused-ring (bicyclic) bond motifs is 1. The van der Waals surface area contributed by atoms with Crippen molar-refractivity contribution in [3.8, 4) is 0 Å². The molecular weight excluding hydrogens is 246 g/mol. The first kappa shape index (κ1) is 11.9. The number of carbonyl (C=O) groups excluding carboxylic acids is 2. The average molecular weight is 259 g/mol. The molecular formula is C14H13NO4. The SMILES string of the molecule is O=C1Cc2oc(=O)cc(CC3C=CCC3)c2C(=O)N1. The van der Waals surface area contributed by atoms with Crippen molar-refractivity contribution in [2.45, 2.75) is 25.7 Å². The van der Waals surface area contributed by atoms with Crippen LogP contribution in [-0.4, -0.2) is 11.8 Å². The maximum absolute atomic E-state index is 11.9. The minimum atomic E-state index is -0.502.